The van der Waals surface area contributed by atoms with Crippen molar-refractivity contribution in [1.82, 2.24) is 4.90 Å². The maximum atomic E-state index is 12.4. The minimum atomic E-state index is -0.406. The van der Waals surface area contributed by atoms with Crippen LogP contribution in [0.3, 0.4) is 0 Å². The molecule has 0 aliphatic carbocycles. The number of aromatic hydroxyl groups is 1. The van der Waals surface area contributed by atoms with Gasteiger partial charge in [-0.3, -0.25) is 14.5 Å². The van der Waals surface area contributed by atoms with Gasteiger partial charge in [0.05, 0.1) is 21.5 Å². The van der Waals surface area contributed by atoms with Crippen LogP contribution in [0.4, 0.5) is 4.79 Å². The Kier molecular flexibility index (Phi) is 5.76. The normalized spacial score (nSPS) is 15.8. The number of nitrogens with zero attached hydrogens (tertiary/aromatic N) is 1. The van der Waals surface area contributed by atoms with E-state index in [9.17, 15) is 14.7 Å². The number of phenols is 1. The van der Waals surface area contributed by atoms with E-state index in [1.807, 2.05) is 18.2 Å². The molecule has 1 heterocycles. The third-order valence-corrected chi connectivity index (χ3v) is 5.02. The lowest BCUT2D eigenvalue weighted by Gasteiger charge is -2.13. The van der Waals surface area contributed by atoms with Crippen molar-refractivity contribution in [2.45, 2.75) is 0 Å². The molecule has 0 radical (unpaired) electrons. The van der Waals surface area contributed by atoms with Gasteiger partial charge in [0, 0.05) is 0 Å². The molecule has 1 aliphatic heterocycles. The van der Waals surface area contributed by atoms with Gasteiger partial charge in [-0.25, -0.2) is 0 Å². The van der Waals surface area contributed by atoms with Crippen molar-refractivity contribution < 1.29 is 19.4 Å². The third kappa shape index (κ3) is 4.15. The molecule has 0 aromatic heterocycles. The Morgan fingerprint density at radius 3 is 2.42 bits per heavy atom. The van der Waals surface area contributed by atoms with Crippen LogP contribution in [0, 0.1) is 0 Å². The topological polar surface area (TPSA) is 66.8 Å². The fraction of sp³-hybridized carbons (Fsp3) is 0.111. The number of imide groups is 1. The zero-order chi connectivity index (χ0) is 18.7. The average molecular weight is 410 g/mol. The highest BCUT2D eigenvalue weighted by molar-refractivity contribution is 8.18. The first-order valence-corrected chi connectivity index (χ1v) is 9.14. The first-order valence-electron chi connectivity index (χ1n) is 7.57. The molecule has 0 bridgehead atoms. The molecule has 0 atom stereocenters. The summed E-state index contributed by atoms with van der Waals surface area (Å²) < 4.78 is 5.53. The Bertz CT molecular complexity index is 863. The number of phenolic OH excluding ortho intramolecular Hbond substituents is 1. The summed E-state index contributed by atoms with van der Waals surface area (Å²) in [6.07, 6.45) is 1.51. The molecule has 1 N–H and O–H groups in total. The molecule has 2 aromatic rings. The average Bonchev–Trinajstić information content (AvgIpc) is 2.88. The van der Waals surface area contributed by atoms with E-state index in [2.05, 4.69) is 0 Å². The Balaban J connectivity index is 1.68. The van der Waals surface area contributed by atoms with Crippen LogP contribution in [0.5, 0.6) is 11.5 Å². The second-order valence-corrected chi connectivity index (χ2v) is 7.14. The number of halogens is 2. The summed E-state index contributed by atoms with van der Waals surface area (Å²) in [5, 5.41) is 9.36. The lowest BCUT2D eigenvalue weighted by molar-refractivity contribution is -0.123. The summed E-state index contributed by atoms with van der Waals surface area (Å²) in [6.45, 7) is 0.347. The quantitative estimate of drug-likeness (QED) is 0.717. The molecule has 5 nitrogen and oxygen atoms in total. The van der Waals surface area contributed by atoms with Crippen LogP contribution in [-0.4, -0.2) is 34.3 Å². The van der Waals surface area contributed by atoms with Crippen molar-refractivity contribution in [3.63, 3.8) is 0 Å². The molecule has 2 aromatic carbocycles. The smallest absolute Gasteiger partial charge is 0.293 e. The van der Waals surface area contributed by atoms with Crippen molar-refractivity contribution in [3.8, 4) is 11.5 Å². The van der Waals surface area contributed by atoms with Crippen LogP contribution < -0.4 is 4.74 Å². The fourth-order valence-electron chi connectivity index (χ4n) is 2.28. The van der Waals surface area contributed by atoms with Crippen LogP contribution in [0.1, 0.15) is 5.56 Å². The summed E-state index contributed by atoms with van der Waals surface area (Å²) in [5.74, 6) is 0.0389. The number of carbonyl (C=O) groups is 2. The summed E-state index contributed by atoms with van der Waals surface area (Å²) in [7, 11) is 0. The number of para-hydroxylation sites is 1. The maximum absolute atomic E-state index is 12.4. The minimum Gasteiger partial charge on any atom is -0.505 e. The Hall–Kier alpha value is -2.15. The van der Waals surface area contributed by atoms with E-state index < -0.39 is 5.91 Å². The van der Waals surface area contributed by atoms with Gasteiger partial charge in [0.2, 0.25) is 0 Å². The number of benzene rings is 2. The van der Waals surface area contributed by atoms with Gasteiger partial charge in [0.15, 0.2) is 5.75 Å². The summed E-state index contributed by atoms with van der Waals surface area (Å²) in [5.41, 5.74) is 0.517. The van der Waals surface area contributed by atoms with Crippen molar-refractivity contribution in [1.29, 1.82) is 0 Å². The highest BCUT2D eigenvalue weighted by Crippen LogP contribution is 2.36. The monoisotopic (exact) mass is 409 g/mol. The van der Waals surface area contributed by atoms with E-state index in [0.717, 1.165) is 16.7 Å². The lowest BCUT2D eigenvalue weighted by Crippen LogP contribution is -2.32. The largest absolute Gasteiger partial charge is 0.505 e. The number of hydrogen-bond donors (Lipinski definition) is 1. The van der Waals surface area contributed by atoms with E-state index in [1.54, 1.807) is 12.1 Å². The van der Waals surface area contributed by atoms with Crippen LogP contribution in [0.2, 0.25) is 10.0 Å². The van der Waals surface area contributed by atoms with Gasteiger partial charge in [-0.15, -0.1) is 0 Å². The molecule has 0 saturated carbocycles. The SMILES string of the molecule is O=C1S/C(=C\c2cc(Cl)c(O)c(Cl)c2)C(=O)N1CCOc1ccccc1. The van der Waals surface area contributed by atoms with Gasteiger partial charge < -0.3 is 9.84 Å². The number of amides is 2. The first kappa shape index (κ1) is 18.6. The van der Waals surface area contributed by atoms with E-state index in [4.69, 9.17) is 27.9 Å². The molecule has 26 heavy (non-hydrogen) atoms. The number of thioether (sulfide) groups is 1. The Morgan fingerprint density at radius 1 is 1.12 bits per heavy atom. The van der Waals surface area contributed by atoms with Crippen LogP contribution in [0.15, 0.2) is 47.4 Å². The zero-order valence-corrected chi connectivity index (χ0v) is 15.6. The minimum absolute atomic E-state index is 0.0687. The molecular weight excluding hydrogens is 397 g/mol. The van der Waals surface area contributed by atoms with Crippen LogP contribution in [-0.2, 0) is 4.79 Å². The number of ether oxygens (including phenoxy) is 1. The Morgan fingerprint density at radius 2 is 1.77 bits per heavy atom. The predicted octanol–water partition coefficient (Wildman–Crippen LogP) is 4.81. The molecule has 1 fully saturated rings. The molecule has 2 amide bonds. The van der Waals surface area contributed by atoms with Gasteiger partial charge >= 0.3 is 0 Å². The first-order chi connectivity index (χ1) is 12.5. The van der Waals surface area contributed by atoms with Crippen LogP contribution in [0.25, 0.3) is 6.08 Å². The molecular formula is C18H13Cl2NO4S. The maximum Gasteiger partial charge on any atom is 0.293 e. The molecule has 134 valence electrons. The predicted molar refractivity (Wildman–Crippen MR) is 103 cm³/mol. The van der Waals surface area contributed by atoms with Gasteiger partial charge in [0.1, 0.15) is 12.4 Å². The number of hydrogen-bond acceptors (Lipinski definition) is 5. The molecule has 8 heteroatoms. The number of rotatable bonds is 5. The van der Waals surface area contributed by atoms with Crippen molar-refractivity contribution >= 4 is 52.2 Å². The number of carbonyl (C=O) groups excluding carboxylic acids is 2. The summed E-state index contributed by atoms with van der Waals surface area (Å²) in [6, 6.07) is 12.1. The molecule has 0 unspecified atom stereocenters. The lowest BCUT2D eigenvalue weighted by atomic mass is 10.2. The van der Waals surface area contributed by atoms with Crippen molar-refractivity contribution in [3.05, 3.63) is 63.0 Å². The third-order valence-electron chi connectivity index (χ3n) is 3.54. The second-order valence-electron chi connectivity index (χ2n) is 5.33. The van der Waals surface area contributed by atoms with Gasteiger partial charge in [-0.05, 0) is 47.7 Å². The van der Waals surface area contributed by atoms with Crippen molar-refractivity contribution in [2.24, 2.45) is 0 Å². The van der Waals surface area contributed by atoms with E-state index in [-0.39, 0.29) is 39.1 Å². The zero-order valence-electron chi connectivity index (χ0n) is 13.3. The Labute approximate surface area is 164 Å². The summed E-state index contributed by atoms with van der Waals surface area (Å²) in [4.78, 5) is 25.9. The van der Waals surface area contributed by atoms with Gasteiger partial charge in [0.25, 0.3) is 11.1 Å². The molecule has 1 aliphatic rings. The van der Waals surface area contributed by atoms with Gasteiger partial charge in [-0.1, -0.05) is 41.4 Å². The van der Waals surface area contributed by atoms with Crippen LogP contribution >= 0.6 is 35.0 Å². The highest BCUT2D eigenvalue weighted by Gasteiger charge is 2.34. The molecule has 0 spiro atoms. The van der Waals surface area contributed by atoms with E-state index in [1.165, 1.54) is 18.2 Å². The highest BCUT2D eigenvalue weighted by atomic mass is 35.5. The molecule has 1 saturated heterocycles. The van der Waals surface area contributed by atoms with Gasteiger partial charge in [-0.2, -0.15) is 0 Å². The van der Waals surface area contributed by atoms with E-state index in [0.29, 0.717) is 11.3 Å². The summed E-state index contributed by atoms with van der Waals surface area (Å²) >= 11 is 12.6. The fourth-order valence-corrected chi connectivity index (χ4v) is 3.65. The second kappa shape index (κ2) is 8.03. The van der Waals surface area contributed by atoms with E-state index >= 15 is 0 Å². The molecule has 3 rings (SSSR count). The van der Waals surface area contributed by atoms with Crippen molar-refractivity contribution in [2.75, 3.05) is 13.2 Å². The standard InChI is InChI=1S/C18H13Cl2NO4S/c19-13-8-11(9-14(20)16(13)22)10-15-17(23)21(18(24)26-15)6-7-25-12-4-2-1-3-5-12/h1-5,8-10,22H,6-7H2/b15-10-.